The molecule has 0 radical (unpaired) electrons. The van der Waals surface area contributed by atoms with Crippen LogP contribution < -0.4 is 15.4 Å². The van der Waals surface area contributed by atoms with Gasteiger partial charge in [0.15, 0.2) is 11.6 Å². The number of hydrogen-bond donors (Lipinski definition) is 2. The van der Waals surface area contributed by atoms with Crippen molar-refractivity contribution in [3.63, 3.8) is 0 Å². The van der Waals surface area contributed by atoms with E-state index in [1.807, 2.05) is 5.38 Å². The molecule has 1 aromatic heterocycles. The molecule has 0 bridgehead atoms. The Balaban J connectivity index is 1.68. The highest BCUT2D eigenvalue weighted by Crippen LogP contribution is 2.22. The Morgan fingerprint density at radius 2 is 1.89 bits per heavy atom. The molecular formula is C21H19FN2O3S. The van der Waals surface area contributed by atoms with E-state index in [0.29, 0.717) is 21.7 Å². The molecule has 0 aliphatic heterocycles. The van der Waals surface area contributed by atoms with Crippen LogP contribution in [-0.4, -0.2) is 18.9 Å². The predicted octanol–water partition coefficient (Wildman–Crippen LogP) is 4.64. The number of anilines is 1. The molecule has 0 saturated carbocycles. The van der Waals surface area contributed by atoms with Gasteiger partial charge < -0.3 is 15.4 Å². The summed E-state index contributed by atoms with van der Waals surface area (Å²) in [5.74, 6) is -0.888. The van der Waals surface area contributed by atoms with Gasteiger partial charge in [-0.3, -0.25) is 9.59 Å². The average Bonchev–Trinajstić information content (AvgIpc) is 3.23. The molecule has 0 aliphatic carbocycles. The smallest absolute Gasteiger partial charge is 0.265 e. The van der Waals surface area contributed by atoms with Crippen molar-refractivity contribution in [2.75, 3.05) is 12.4 Å². The summed E-state index contributed by atoms with van der Waals surface area (Å²) in [6.07, 6.45) is 0. The van der Waals surface area contributed by atoms with Crippen LogP contribution in [0.1, 0.15) is 38.6 Å². The first-order valence-electron chi connectivity index (χ1n) is 8.57. The third-order valence-corrected chi connectivity index (χ3v) is 5.02. The number of ether oxygens (including phenoxy) is 1. The fourth-order valence-corrected chi connectivity index (χ4v) is 3.27. The third-order valence-electron chi connectivity index (χ3n) is 4.15. The van der Waals surface area contributed by atoms with Crippen molar-refractivity contribution in [3.8, 4) is 5.75 Å². The largest absolute Gasteiger partial charge is 0.494 e. The van der Waals surface area contributed by atoms with Crippen molar-refractivity contribution < 1.29 is 18.7 Å². The maximum Gasteiger partial charge on any atom is 0.265 e. The van der Waals surface area contributed by atoms with Crippen molar-refractivity contribution in [2.45, 2.75) is 13.0 Å². The summed E-state index contributed by atoms with van der Waals surface area (Å²) < 4.78 is 18.8. The zero-order valence-corrected chi connectivity index (χ0v) is 16.2. The van der Waals surface area contributed by atoms with Gasteiger partial charge in [0.25, 0.3) is 11.8 Å². The minimum absolute atomic E-state index is 0.149. The lowest BCUT2D eigenvalue weighted by molar-refractivity contribution is 0.0938. The van der Waals surface area contributed by atoms with E-state index in [-0.39, 0.29) is 17.6 Å². The summed E-state index contributed by atoms with van der Waals surface area (Å²) in [4.78, 5) is 25.3. The first-order chi connectivity index (χ1) is 13.5. The second kappa shape index (κ2) is 8.67. The lowest BCUT2D eigenvalue weighted by Gasteiger charge is -2.16. The van der Waals surface area contributed by atoms with Crippen LogP contribution >= 0.6 is 11.3 Å². The van der Waals surface area contributed by atoms with Crippen LogP contribution in [0, 0.1) is 5.82 Å². The zero-order valence-electron chi connectivity index (χ0n) is 15.4. The molecule has 0 aliphatic rings. The van der Waals surface area contributed by atoms with Gasteiger partial charge in [-0.05, 0) is 54.3 Å². The highest BCUT2D eigenvalue weighted by atomic mass is 32.1. The summed E-state index contributed by atoms with van der Waals surface area (Å²) in [6.45, 7) is 1.77. The average molecular weight is 398 g/mol. The Kier molecular flexibility index (Phi) is 6.06. The van der Waals surface area contributed by atoms with Crippen LogP contribution in [0.25, 0.3) is 0 Å². The number of hydrogen-bond acceptors (Lipinski definition) is 4. The Morgan fingerprint density at radius 1 is 1.07 bits per heavy atom. The molecule has 2 aromatic carbocycles. The molecule has 0 unspecified atom stereocenters. The van der Waals surface area contributed by atoms with E-state index in [9.17, 15) is 14.0 Å². The van der Waals surface area contributed by atoms with Crippen LogP contribution in [0.3, 0.4) is 0 Å². The Morgan fingerprint density at radius 3 is 2.57 bits per heavy atom. The number of rotatable bonds is 6. The summed E-state index contributed by atoms with van der Waals surface area (Å²) in [5.41, 5.74) is 1.54. The van der Waals surface area contributed by atoms with Crippen molar-refractivity contribution in [1.82, 2.24) is 5.32 Å². The van der Waals surface area contributed by atoms with Crippen LogP contribution in [0.2, 0.25) is 0 Å². The number of halogens is 1. The van der Waals surface area contributed by atoms with E-state index >= 15 is 0 Å². The number of benzene rings is 2. The molecule has 144 valence electrons. The van der Waals surface area contributed by atoms with E-state index in [1.54, 1.807) is 49.4 Å². The van der Waals surface area contributed by atoms with E-state index in [4.69, 9.17) is 4.74 Å². The minimum atomic E-state index is -0.487. The predicted molar refractivity (Wildman–Crippen MR) is 108 cm³/mol. The maximum atomic E-state index is 13.9. The number of nitrogens with one attached hydrogen (secondary N) is 2. The molecule has 7 heteroatoms. The van der Waals surface area contributed by atoms with Crippen LogP contribution in [0.15, 0.2) is 60.0 Å². The summed E-state index contributed by atoms with van der Waals surface area (Å²) >= 11 is 1.34. The SMILES string of the molecule is COc1ccc([C@H](C)NC(=O)c2cccc(NC(=O)c3cccs3)c2)cc1F. The monoisotopic (exact) mass is 398 g/mol. The fraction of sp³-hybridized carbons (Fsp3) is 0.143. The maximum absolute atomic E-state index is 13.9. The van der Waals surface area contributed by atoms with Crippen molar-refractivity contribution >= 4 is 28.8 Å². The van der Waals surface area contributed by atoms with Gasteiger partial charge in [-0.25, -0.2) is 4.39 Å². The molecule has 0 saturated heterocycles. The normalized spacial score (nSPS) is 11.5. The van der Waals surface area contributed by atoms with Crippen molar-refractivity contribution in [1.29, 1.82) is 0 Å². The first kappa shape index (κ1) is 19.6. The van der Waals surface area contributed by atoms with Crippen molar-refractivity contribution in [3.05, 3.63) is 81.8 Å². The van der Waals surface area contributed by atoms with Gasteiger partial charge in [-0.15, -0.1) is 11.3 Å². The quantitative estimate of drug-likeness (QED) is 0.636. The zero-order chi connectivity index (χ0) is 20.1. The van der Waals surface area contributed by atoms with Gasteiger partial charge in [0.2, 0.25) is 0 Å². The highest BCUT2D eigenvalue weighted by molar-refractivity contribution is 7.12. The fourth-order valence-electron chi connectivity index (χ4n) is 2.65. The topological polar surface area (TPSA) is 67.4 Å². The van der Waals surface area contributed by atoms with E-state index < -0.39 is 11.9 Å². The Labute approximate surface area is 166 Å². The number of thiophene rings is 1. The molecule has 2 N–H and O–H groups in total. The van der Waals surface area contributed by atoms with Gasteiger partial charge in [0, 0.05) is 11.3 Å². The van der Waals surface area contributed by atoms with Crippen molar-refractivity contribution in [2.24, 2.45) is 0 Å². The molecular weight excluding hydrogens is 379 g/mol. The second-order valence-corrected chi connectivity index (χ2v) is 7.05. The minimum Gasteiger partial charge on any atom is -0.494 e. The lowest BCUT2D eigenvalue weighted by atomic mass is 10.1. The summed E-state index contributed by atoms with van der Waals surface area (Å²) in [7, 11) is 1.40. The Hall–Kier alpha value is -3.19. The van der Waals surface area contributed by atoms with Gasteiger partial charge in [-0.2, -0.15) is 0 Å². The molecule has 2 amide bonds. The van der Waals surface area contributed by atoms with Gasteiger partial charge in [-0.1, -0.05) is 18.2 Å². The number of carbonyl (C=O) groups excluding carboxylic acids is 2. The molecule has 1 atom stereocenters. The molecule has 3 rings (SSSR count). The van der Waals surface area contributed by atoms with Crippen LogP contribution in [0.4, 0.5) is 10.1 Å². The third kappa shape index (κ3) is 4.55. The molecule has 28 heavy (non-hydrogen) atoms. The Bertz CT molecular complexity index is 989. The van der Waals surface area contributed by atoms with Gasteiger partial charge in [0.05, 0.1) is 18.0 Å². The lowest BCUT2D eigenvalue weighted by Crippen LogP contribution is -2.26. The number of amides is 2. The van der Waals surface area contributed by atoms with Crippen LogP contribution in [-0.2, 0) is 0 Å². The van der Waals surface area contributed by atoms with E-state index in [1.165, 1.54) is 30.6 Å². The summed E-state index contributed by atoms with van der Waals surface area (Å²) in [6, 6.07) is 14.3. The van der Waals surface area contributed by atoms with Gasteiger partial charge >= 0.3 is 0 Å². The second-order valence-electron chi connectivity index (χ2n) is 6.10. The summed E-state index contributed by atoms with van der Waals surface area (Å²) in [5, 5.41) is 7.42. The van der Waals surface area contributed by atoms with E-state index in [2.05, 4.69) is 10.6 Å². The number of carbonyl (C=O) groups is 2. The molecule has 1 heterocycles. The standard InChI is InChI=1S/C21H19FN2O3S/c1-13(14-8-9-18(27-2)17(22)12-14)23-20(25)15-5-3-6-16(11-15)24-21(26)19-7-4-10-28-19/h3-13H,1-2H3,(H,23,25)(H,24,26)/t13-/m0/s1. The molecule has 0 spiro atoms. The highest BCUT2D eigenvalue weighted by Gasteiger charge is 2.15. The van der Waals surface area contributed by atoms with Gasteiger partial charge in [0.1, 0.15) is 0 Å². The number of methoxy groups -OCH3 is 1. The molecule has 5 nitrogen and oxygen atoms in total. The van der Waals surface area contributed by atoms with Crippen LogP contribution in [0.5, 0.6) is 5.75 Å². The first-order valence-corrected chi connectivity index (χ1v) is 9.45. The van der Waals surface area contributed by atoms with E-state index in [0.717, 1.165) is 0 Å². The molecule has 3 aromatic rings. The molecule has 0 fully saturated rings.